The van der Waals surface area contributed by atoms with E-state index in [0.717, 1.165) is 77.2 Å². The first-order valence-electron chi connectivity index (χ1n) is 36.0. The molecule has 6 aromatic rings. The number of piperidine rings is 2. The zero-order valence-electron chi connectivity index (χ0n) is 63.3. The summed E-state index contributed by atoms with van der Waals surface area (Å²) in [7, 11) is 12.5. The number of likely N-dealkylation sites (N-methyl/N-ethyl adjacent to an activating group) is 1. The van der Waals surface area contributed by atoms with Crippen LogP contribution >= 0.6 is 0 Å². The van der Waals surface area contributed by atoms with Crippen molar-refractivity contribution in [3.8, 4) is 5.75 Å². The van der Waals surface area contributed by atoms with E-state index in [-0.39, 0.29) is 32.5 Å². The van der Waals surface area contributed by atoms with Crippen LogP contribution in [0.25, 0.3) is 0 Å². The molecule has 1 radical (unpaired) electrons. The summed E-state index contributed by atoms with van der Waals surface area (Å²) in [5.74, 6) is 0.683. The zero-order valence-corrected chi connectivity index (χ0v) is 66.1. The maximum atomic E-state index is 13.1. The molecule has 539 valence electrons. The van der Waals surface area contributed by atoms with Crippen molar-refractivity contribution in [1.29, 1.82) is 0 Å². The largest absolute Gasteiger partial charge is 0.496 e. The smallest absolute Gasteiger partial charge is 0.350 e. The summed E-state index contributed by atoms with van der Waals surface area (Å²) in [4.78, 5) is 17.7. The molecule has 5 aromatic carbocycles. The number of benzene rings is 5. The minimum absolute atomic E-state index is 0. The van der Waals surface area contributed by atoms with Crippen molar-refractivity contribution in [3.63, 3.8) is 0 Å². The zero-order chi connectivity index (χ0) is 70.7. The van der Waals surface area contributed by atoms with Crippen molar-refractivity contribution in [2.75, 3.05) is 94.4 Å². The van der Waals surface area contributed by atoms with E-state index in [1.807, 2.05) is 222 Å². The van der Waals surface area contributed by atoms with Crippen LogP contribution in [0.1, 0.15) is 182 Å². The van der Waals surface area contributed by atoms with Crippen LogP contribution in [0.2, 0.25) is 0 Å². The van der Waals surface area contributed by atoms with E-state index in [0.29, 0.717) is 37.6 Å². The number of aryl methyl sites for hydroxylation is 1. The maximum Gasteiger partial charge on any atom is 0.350 e. The molecular formula is C84H129N4O8Re+. The summed E-state index contributed by atoms with van der Waals surface area (Å²) in [5.41, 5.74) is 4.20. The van der Waals surface area contributed by atoms with Crippen molar-refractivity contribution in [2.45, 2.75) is 190 Å². The molecular weight excluding hydrogens is 1380 g/mol. The standard InChI is InChI=1S/C20H21NO3.C17H28O3.C16H16O2.2C7H14N.C7H16.C6H8N.2C2H6.Re/c1-21-14-12-19(13-15-21)23-18(22)20(24-19,16-8-4-2-5-9-16)17-10-6-3-7-11-17;1-15(2)20-13-9-5-4-8-12-19-14-16-10-6-7-11-17(16)18-3;1-13-12-17-16(18-13,14-8-4-2-5-9-14)15-10-6-3-7-11-15;1-7-3-5-8(2)6-4-7;1-8(2)6-4-3-5-7-8;1-5-6-7(2,3)4;1-7-5-3-2-4-6-7;2*1-2;/h2-11H,12-15H2,1H3;6-7,10-11,15H,4-5,8-9,12-14H2,1-3H3;2-11,13H,12H2,1H3;3-6H2,1-2H3;3-4H,5-7H2,1-2H3;5-6H2,1-4H3;2-6H,1H3;2*1-2H3;/q;;;-1;+1;;+1;;;. The molecule has 0 aliphatic carbocycles. The topological polar surface area (TPSA) is 92.0 Å². The van der Waals surface area contributed by atoms with Crippen LogP contribution in [-0.2, 0) is 78.7 Å². The molecule has 12 nitrogen and oxygen atoms in total. The molecule has 0 saturated carbocycles. The summed E-state index contributed by atoms with van der Waals surface area (Å²) in [5, 5.41) is 0. The number of hydrogen-bond donors (Lipinski definition) is 0. The second-order valence-corrected chi connectivity index (χ2v) is 27.1. The number of pyridine rings is 1. The Morgan fingerprint density at radius 2 is 1.14 bits per heavy atom. The molecule has 4 fully saturated rings. The third-order valence-electron chi connectivity index (χ3n) is 16.7. The fraction of sp³-hybridized carbons (Fsp3) is 0.536. The van der Waals surface area contributed by atoms with Gasteiger partial charge in [0.05, 0.1) is 59.7 Å². The monoisotopic (exact) mass is 1510 g/mol. The summed E-state index contributed by atoms with van der Waals surface area (Å²) in [6.45, 7) is 35.2. The number of hydrogen-bond acceptors (Lipinski definition) is 10. The minimum Gasteiger partial charge on any atom is -0.496 e. The number of carbonyl (C=O) groups is 1. The molecule has 5 aliphatic heterocycles. The molecule has 1 spiro atoms. The van der Waals surface area contributed by atoms with Crippen molar-refractivity contribution < 1.29 is 67.4 Å². The Hall–Kier alpha value is -5.40. The number of methoxy groups -OCH3 is 1. The molecule has 1 aromatic heterocycles. The molecule has 97 heavy (non-hydrogen) atoms. The predicted octanol–water partition coefficient (Wildman–Crippen LogP) is 18.2. The summed E-state index contributed by atoms with van der Waals surface area (Å²) in [6.07, 6.45) is 21.6. The fourth-order valence-electron chi connectivity index (χ4n) is 11.2. The van der Waals surface area contributed by atoms with Gasteiger partial charge in [-0.25, -0.2) is 9.36 Å². The van der Waals surface area contributed by atoms with Crippen LogP contribution in [0.3, 0.4) is 0 Å². The van der Waals surface area contributed by atoms with Crippen LogP contribution in [0.4, 0.5) is 0 Å². The molecule has 11 rings (SSSR count). The van der Waals surface area contributed by atoms with Gasteiger partial charge in [-0.1, -0.05) is 226 Å². The van der Waals surface area contributed by atoms with Gasteiger partial charge in [0.1, 0.15) is 12.8 Å². The van der Waals surface area contributed by atoms with Gasteiger partial charge < -0.3 is 53.4 Å². The number of ether oxygens (including phenoxy) is 7. The molecule has 6 heterocycles. The Labute approximate surface area is 604 Å². The molecule has 5 aliphatic rings. The number of para-hydroxylation sites is 1. The molecule has 1 unspecified atom stereocenters. The minimum atomic E-state index is -1.18. The summed E-state index contributed by atoms with van der Waals surface area (Å²) >= 11 is 0. The van der Waals surface area contributed by atoms with Gasteiger partial charge in [-0.3, -0.25) is 0 Å². The average Bonchev–Trinajstić information content (AvgIpc) is 1.60. The number of likely N-dealkylation sites (tertiary alicyclic amines) is 2. The molecule has 1 atom stereocenters. The second-order valence-electron chi connectivity index (χ2n) is 27.1. The van der Waals surface area contributed by atoms with Crippen molar-refractivity contribution in [2.24, 2.45) is 12.5 Å². The number of aromatic nitrogens is 1. The van der Waals surface area contributed by atoms with E-state index in [4.69, 9.17) is 33.2 Å². The Morgan fingerprint density at radius 3 is 1.54 bits per heavy atom. The van der Waals surface area contributed by atoms with E-state index in [1.54, 1.807) is 13.0 Å². The molecule has 0 bridgehead atoms. The number of carbonyl (C=O) groups excluding carboxylic acids is 1. The van der Waals surface area contributed by atoms with Crippen LogP contribution in [0.5, 0.6) is 5.75 Å². The Balaban J connectivity index is 0.000000401. The van der Waals surface area contributed by atoms with Gasteiger partial charge in [0.15, 0.2) is 12.4 Å². The van der Waals surface area contributed by atoms with Crippen LogP contribution < -0.4 is 9.30 Å². The van der Waals surface area contributed by atoms with Crippen molar-refractivity contribution in [3.05, 3.63) is 222 Å². The number of nitrogens with zero attached hydrogens (tertiary/aromatic N) is 4. The van der Waals surface area contributed by atoms with Crippen LogP contribution in [-0.4, -0.2) is 133 Å². The van der Waals surface area contributed by atoms with E-state index < -0.39 is 17.2 Å². The summed E-state index contributed by atoms with van der Waals surface area (Å²) < 4.78 is 44.1. The van der Waals surface area contributed by atoms with E-state index in [1.165, 1.54) is 71.1 Å². The van der Waals surface area contributed by atoms with Gasteiger partial charge in [0.25, 0.3) is 0 Å². The first-order valence-corrected chi connectivity index (χ1v) is 36.0. The van der Waals surface area contributed by atoms with Gasteiger partial charge >= 0.3 is 5.97 Å². The number of esters is 1. The third kappa shape index (κ3) is 32.6. The SMILES string of the molecule is CC.CC.CC1COC(c2ccccc2)(c2ccccc2)O1.CCCC(C)(C)C.CN1CCC2(CC1)OC(=O)C(c1ccccc1)(c1ccccc1)O2.COc1ccccc1COCCCCCCOC(C)C.C[C-]1CCN(C)CC1.C[N+]1(C)CC=CCC1.C[n+]1ccccc1.[Re]. The van der Waals surface area contributed by atoms with Gasteiger partial charge in [-0.2, -0.15) is 19.8 Å². The summed E-state index contributed by atoms with van der Waals surface area (Å²) in [6, 6.07) is 53.5. The quantitative estimate of drug-likeness (QED) is 0.0233. The van der Waals surface area contributed by atoms with E-state index in [9.17, 15) is 4.79 Å². The van der Waals surface area contributed by atoms with E-state index in [2.05, 4.69) is 98.6 Å². The Kier molecular flexibility index (Phi) is 43.7. The van der Waals surface area contributed by atoms with E-state index >= 15 is 0 Å². The van der Waals surface area contributed by atoms with Crippen molar-refractivity contribution >= 4 is 5.97 Å². The number of rotatable bonds is 16. The van der Waals surface area contributed by atoms with Crippen LogP contribution in [0.15, 0.2) is 188 Å². The third-order valence-corrected chi connectivity index (χ3v) is 16.7. The average molecular weight is 1510 g/mol. The fourth-order valence-corrected chi connectivity index (χ4v) is 11.2. The van der Waals surface area contributed by atoms with Crippen LogP contribution in [0, 0.1) is 11.3 Å². The first-order chi connectivity index (χ1) is 46.1. The number of unbranched alkanes of at least 4 members (excludes halogenated alkanes) is 3. The normalized spacial score (nSPS) is 17.8. The van der Waals surface area contributed by atoms with Crippen molar-refractivity contribution in [1.82, 2.24) is 9.80 Å². The number of quaternary nitrogens is 1. The molecule has 13 heteroatoms. The maximum absolute atomic E-state index is 13.1. The van der Waals surface area contributed by atoms with Gasteiger partial charge in [-0.05, 0) is 95.9 Å². The van der Waals surface area contributed by atoms with Gasteiger partial charge in [-0.15, -0.1) is 0 Å². The molecule has 4 saturated heterocycles. The van der Waals surface area contributed by atoms with Gasteiger partial charge in [0.2, 0.25) is 17.2 Å². The first kappa shape index (κ1) is 87.7. The molecule has 0 amide bonds. The Morgan fingerprint density at radius 1 is 0.670 bits per heavy atom. The van der Waals surface area contributed by atoms with Gasteiger partial charge in [0, 0.05) is 94.8 Å². The molecule has 0 N–H and O–H groups in total. The second kappa shape index (κ2) is 48.4. The Bertz CT molecular complexity index is 2830. The predicted molar refractivity (Wildman–Crippen MR) is 399 cm³/mol.